The van der Waals surface area contributed by atoms with Crippen molar-refractivity contribution in [2.24, 2.45) is 28.2 Å². The van der Waals surface area contributed by atoms with Crippen LogP contribution in [0.2, 0.25) is 0 Å². The standard InChI is InChI=1S/C22H23F3N4O5S.C22H21F3N4O5.C22H23F3N4O4.C21H20F3N3O5S/c1-27-14-16(13-26-27)19-15-29(17-2-4-18(5-3-17)34-22(23,24)25)21(30)12-20(19)33-9-6-28-7-10-35(31,32)11-8-28;1-27-12-15(11-26-27)18-13-29(16-2-4-17(5-3-16)34-22(23,24)25)20(30)10-19(18)33-9-7-28-6-8-32-14-21(28)31;1-27-14-16(13-26-27)19-15-29(17-2-4-18(5-3-17)33-22(23,24)25)21(30)12-20(19)32-11-8-28-6-9-31-10-7-28;1-26-12-14(11-25-26)18-13-27(15-2-4-17(5-3-15)32-21(22,23)24)20(28)10-19(18)31-16-6-8-33(29,30)9-7-16/h2-5,12-15H,6-11H2,1H3;2-5,10-13H,6-9,14H2,1H3;2-5,12-15H,6-11H2,1H3;2-5,10-13,16H,6-9H2,1H3. The summed E-state index contributed by atoms with van der Waals surface area (Å²) in [6.45, 7) is 7.13. The lowest BCUT2D eigenvalue weighted by atomic mass is 10.1. The Labute approximate surface area is 760 Å². The van der Waals surface area contributed by atoms with Crippen molar-refractivity contribution in [3.05, 3.63) is 237 Å². The molecular formula is C87H87F12N15O19S2. The van der Waals surface area contributed by atoms with Crippen LogP contribution in [-0.2, 0) is 62.1 Å². The summed E-state index contributed by atoms with van der Waals surface area (Å²) in [6, 6.07) is 25.2. The summed E-state index contributed by atoms with van der Waals surface area (Å²) >= 11 is 0. The Kier molecular flexibility index (Phi) is 31.2. The van der Waals surface area contributed by atoms with Gasteiger partial charge in [0.15, 0.2) is 19.7 Å². The molecule has 4 saturated heterocycles. The molecule has 720 valence electrons. The van der Waals surface area contributed by atoms with Crippen molar-refractivity contribution in [1.29, 1.82) is 0 Å². The van der Waals surface area contributed by atoms with Crippen LogP contribution in [-0.4, -0.2) is 248 Å². The molecule has 0 aliphatic carbocycles. The van der Waals surface area contributed by atoms with Gasteiger partial charge in [0.2, 0.25) is 5.91 Å². The molecule has 4 aliphatic rings. The number of hydrogen-bond donors (Lipinski definition) is 0. The fraction of sp³-hybridized carbons (Fsp3) is 0.345. The van der Waals surface area contributed by atoms with Gasteiger partial charge >= 0.3 is 25.4 Å². The average Bonchev–Trinajstić information content (AvgIpc) is 1.47. The number of nitrogens with zero attached hydrogens (tertiary/aromatic N) is 15. The molecule has 0 saturated carbocycles. The van der Waals surface area contributed by atoms with E-state index in [0.29, 0.717) is 157 Å². The van der Waals surface area contributed by atoms with Crippen LogP contribution in [0.3, 0.4) is 0 Å². The summed E-state index contributed by atoms with van der Waals surface area (Å²) in [5.74, 6) is -0.126. The van der Waals surface area contributed by atoms with E-state index in [1.54, 1.807) is 114 Å². The van der Waals surface area contributed by atoms with Gasteiger partial charge in [-0.25, -0.2) is 16.8 Å². The number of benzene rings is 4. The third kappa shape index (κ3) is 28.4. The number of hydrogen-bond acceptors (Lipinski definition) is 25. The minimum atomic E-state index is -4.82. The van der Waals surface area contributed by atoms with Crippen LogP contribution in [0.4, 0.5) is 52.7 Å². The van der Waals surface area contributed by atoms with E-state index >= 15 is 0 Å². The molecule has 16 rings (SSSR count). The molecule has 34 nitrogen and oxygen atoms in total. The van der Waals surface area contributed by atoms with Gasteiger partial charge < -0.3 is 52.3 Å². The molecular weight excluding hydrogens is 1850 g/mol. The number of carbonyl (C=O) groups is 1. The predicted octanol–water partition coefficient (Wildman–Crippen LogP) is 10.6. The number of carbonyl (C=O) groups excluding carboxylic acids is 1. The van der Waals surface area contributed by atoms with E-state index in [1.807, 2.05) is 4.90 Å². The number of amides is 1. The van der Waals surface area contributed by atoms with Crippen molar-refractivity contribution in [1.82, 2.24) is 72.1 Å². The lowest BCUT2D eigenvalue weighted by Crippen LogP contribution is -2.43. The van der Waals surface area contributed by atoms with Crippen LogP contribution in [0.5, 0.6) is 46.0 Å². The average molecular weight is 1940 g/mol. The lowest BCUT2D eigenvalue weighted by Gasteiger charge is -2.26. The number of alkyl halides is 12. The molecule has 135 heavy (non-hydrogen) atoms. The van der Waals surface area contributed by atoms with E-state index in [9.17, 15) is 93.5 Å². The van der Waals surface area contributed by atoms with Gasteiger partial charge in [0.05, 0.1) is 74.2 Å². The van der Waals surface area contributed by atoms with E-state index < -0.39 is 79.1 Å². The van der Waals surface area contributed by atoms with Gasteiger partial charge in [0.1, 0.15) is 78.5 Å². The van der Waals surface area contributed by atoms with Crippen molar-refractivity contribution in [2.45, 2.75) is 44.4 Å². The molecule has 8 aromatic heterocycles. The van der Waals surface area contributed by atoms with Crippen LogP contribution in [0.1, 0.15) is 12.8 Å². The van der Waals surface area contributed by atoms with Gasteiger partial charge in [0.25, 0.3) is 22.2 Å². The summed E-state index contributed by atoms with van der Waals surface area (Å²) < 4.78 is 257. The summed E-state index contributed by atoms with van der Waals surface area (Å²) in [5, 5.41) is 16.6. The SMILES string of the molecule is Cn1cc(-c2cn(-c3ccc(OC(F)(F)F)cc3)c(=O)cc2OC2CCS(=O)(=O)CC2)cn1.Cn1cc(-c2cn(-c3ccc(OC(F)(F)F)cc3)c(=O)cc2OCCN2CCOCC2)cn1.Cn1cc(-c2cn(-c3ccc(OC(F)(F)F)cc3)c(=O)cc2OCCN2CCOCC2=O)cn1.Cn1cc(-c2cn(-c3ccc(OC(F)(F)F)cc3)c(=O)cc2OCCN2CCS(=O)(=O)CC2)cn1. The highest BCUT2D eigenvalue weighted by Gasteiger charge is 2.36. The summed E-state index contributed by atoms with van der Waals surface area (Å²) in [5.41, 5.74) is 4.70. The Bertz CT molecular complexity index is 6570. The molecule has 0 N–H and O–H groups in total. The van der Waals surface area contributed by atoms with Gasteiger partial charge in [-0.3, -0.25) is 70.8 Å². The summed E-state index contributed by atoms with van der Waals surface area (Å²) in [6.07, 6.45) is 0.691. The minimum Gasteiger partial charge on any atom is -0.491 e. The third-order valence-electron chi connectivity index (χ3n) is 20.9. The molecule has 4 fully saturated rings. The molecule has 4 aromatic carbocycles. The first kappa shape index (κ1) is 98.8. The van der Waals surface area contributed by atoms with E-state index in [4.69, 9.17) is 28.4 Å². The number of sulfone groups is 2. The van der Waals surface area contributed by atoms with E-state index in [-0.39, 0.29) is 71.9 Å². The third-order valence-corrected chi connectivity index (χ3v) is 24.2. The fourth-order valence-corrected chi connectivity index (χ4v) is 17.0. The highest BCUT2D eigenvalue weighted by atomic mass is 32.2. The zero-order chi connectivity index (χ0) is 96.7. The fourth-order valence-electron chi connectivity index (χ4n) is 14.3. The Morgan fingerprint density at radius 1 is 0.356 bits per heavy atom. The van der Waals surface area contributed by atoms with Crippen LogP contribution >= 0.6 is 0 Å². The second-order valence-corrected chi connectivity index (χ2v) is 35.3. The van der Waals surface area contributed by atoms with E-state index in [1.165, 1.54) is 103 Å². The molecule has 1 amide bonds. The molecule has 12 heterocycles. The first-order valence-corrected chi connectivity index (χ1v) is 44.9. The molecule has 0 unspecified atom stereocenters. The first-order chi connectivity index (χ1) is 64.0. The maximum absolute atomic E-state index is 12.9. The van der Waals surface area contributed by atoms with Crippen molar-refractivity contribution in [2.75, 3.05) is 122 Å². The maximum atomic E-state index is 12.9. The number of morpholine rings is 2. The monoisotopic (exact) mass is 1940 g/mol. The van der Waals surface area contributed by atoms with Gasteiger partial charge in [-0.05, 0) is 110 Å². The minimum absolute atomic E-state index is 0.0172. The zero-order valence-electron chi connectivity index (χ0n) is 72.2. The smallest absolute Gasteiger partial charge is 0.491 e. The summed E-state index contributed by atoms with van der Waals surface area (Å²) in [4.78, 5) is 69.1. The molecule has 48 heteroatoms. The van der Waals surface area contributed by atoms with Crippen molar-refractivity contribution in [3.63, 3.8) is 0 Å². The number of rotatable bonds is 26. The normalized spacial score (nSPS) is 15.5. The number of halogens is 12. The van der Waals surface area contributed by atoms with Gasteiger partial charge in [-0.1, -0.05) is 0 Å². The Hall–Kier alpha value is -13.7. The Balaban J connectivity index is 0.000000152. The van der Waals surface area contributed by atoms with Crippen molar-refractivity contribution >= 4 is 25.6 Å². The quantitative estimate of drug-likeness (QED) is 0.0455. The van der Waals surface area contributed by atoms with Crippen molar-refractivity contribution in [3.8, 4) is 113 Å². The van der Waals surface area contributed by atoms with Crippen LogP contribution in [0.15, 0.2) is 215 Å². The summed E-state index contributed by atoms with van der Waals surface area (Å²) in [7, 11) is 0.929. The maximum Gasteiger partial charge on any atom is 0.573 e. The van der Waals surface area contributed by atoms with E-state index in [2.05, 4.69) is 44.2 Å². The number of aromatic nitrogens is 12. The lowest BCUT2D eigenvalue weighted by molar-refractivity contribution is -0.275. The number of aryl methyl sites for hydroxylation is 4. The van der Waals surface area contributed by atoms with Crippen molar-refractivity contribution < 1.29 is 122 Å². The number of ether oxygens (including phenoxy) is 10. The molecule has 4 aliphatic heterocycles. The second-order valence-electron chi connectivity index (χ2n) is 30.7. The first-order valence-electron chi connectivity index (χ1n) is 41.3. The highest BCUT2D eigenvalue weighted by Crippen LogP contribution is 2.37. The molecule has 0 atom stereocenters. The molecule has 12 aromatic rings. The van der Waals surface area contributed by atoms with Crippen LogP contribution in [0.25, 0.3) is 67.3 Å². The largest absolute Gasteiger partial charge is 0.573 e. The van der Waals surface area contributed by atoms with Gasteiger partial charge in [0, 0.05) is 215 Å². The van der Waals surface area contributed by atoms with Crippen LogP contribution < -0.4 is 60.1 Å². The topological polar surface area (TPSA) is 347 Å². The Morgan fingerprint density at radius 3 is 0.933 bits per heavy atom. The highest BCUT2D eigenvalue weighted by molar-refractivity contribution is 7.91. The molecule has 0 spiro atoms. The molecule has 0 radical (unpaired) electrons. The number of pyridine rings is 4. The Morgan fingerprint density at radius 2 is 0.637 bits per heavy atom. The van der Waals surface area contributed by atoms with Gasteiger partial charge in [-0.2, -0.15) is 20.4 Å². The van der Waals surface area contributed by atoms with Gasteiger partial charge in [-0.15, -0.1) is 52.7 Å². The predicted molar refractivity (Wildman–Crippen MR) is 462 cm³/mol. The van der Waals surface area contributed by atoms with Crippen LogP contribution in [0, 0.1) is 0 Å². The van der Waals surface area contributed by atoms with E-state index in [0.717, 1.165) is 67.2 Å². The zero-order valence-corrected chi connectivity index (χ0v) is 73.9. The second kappa shape index (κ2) is 42.7. The molecule has 0 bridgehead atoms.